The summed E-state index contributed by atoms with van der Waals surface area (Å²) in [7, 11) is 0. The quantitative estimate of drug-likeness (QED) is 0.460. The second-order valence-corrected chi connectivity index (χ2v) is 6.54. The number of hydrogen-bond donors (Lipinski definition) is 3. The number of hydrogen-bond acceptors (Lipinski definition) is 3. The van der Waals surface area contributed by atoms with E-state index in [4.69, 9.17) is 0 Å². The van der Waals surface area contributed by atoms with Gasteiger partial charge in [-0.05, 0) is 20.8 Å². The van der Waals surface area contributed by atoms with Crippen LogP contribution in [0.1, 0.15) is 27.2 Å². The lowest BCUT2D eigenvalue weighted by Crippen LogP contribution is -3.30. The number of quaternary nitrogens is 2. The third-order valence-electron chi connectivity index (χ3n) is 4.51. The van der Waals surface area contributed by atoms with Gasteiger partial charge in [0.05, 0.1) is 6.42 Å². The number of carbonyl (C=O) groups is 3. The maximum Gasteiger partial charge on any atom is 0.288 e. The number of likely N-dealkylation sites (tertiary alicyclic amines) is 1. The highest BCUT2D eigenvalue weighted by molar-refractivity contribution is 6.04. The van der Waals surface area contributed by atoms with E-state index in [9.17, 15) is 14.4 Å². The van der Waals surface area contributed by atoms with Crippen molar-refractivity contribution in [3.8, 4) is 0 Å². The van der Waals surface area contributed by atoms with Crippen LogP contribution in [0.15, 0.2) is 0 Å². The van der Waals surface area contributed by atoms with E-state index in [1.165, 1.54) is 14.7 Å². The summed E-state index contributed by atoms with van der Waals surface area (Å²) in [6.45, 7) is 10.1. The van der Waals surface area contributed by atoms with Crippen LogP contribution in [0.5, 0.6) is 0 Å². The second kappa shape index (κ2) is 7.19. The summed E-state index contributed by atoms with van der Waals surface area (Å²) >= 11 is 0. The first-order chi connectivity index (χ1) is 10.4. The zero-order chi connectivity index (χ0) is 16.3. The Kier molecular flexibility index (Phi) is 5.52. The fourth-order valence-corrected chi connectivity index (χ4v) is 3.38. The molecule has 0 aromatic carbocycles. The number of imide groups is 1. The number of nitrogens with one attached hydrogen (secondary N) is 3. The van der Waals surface area contributed by atoms with Crippen molar-refractivity contribution in [2.24, 2.45) is 0 Å². The predicted octanol–water partition coefficient (Wildman–Crippen LogP) is -3.56. The van der Waals surface area contributed by atoms with Crippen molar-refractivity contribution >= 4 is 17.7 Å². The molecule has 0 aromatic rings. The highest BCUT2D eigenvalue weighted by Gasteiger charge is 2.45. The Morgan fingerprint density at radius 3 is 2.41 bits per heavy atom. The van der Waals surface area contributed by atoms with Crippen LogP contribution in [0.25, 0.3) is 0 Å². The maximum absolute atomic E-state index is 12.2. The minimum absolute atomic E-state index is 0.0245. The van der Waals surface area contributed by atoms with Crippen LogP contribution in [-0.2, 0) is 14.4 Å². The Hall–Kier alpha value is -1.47. The third-order valence-corrected chi connectivity index (χ3v) is 4.51. The van der Waals surface area contributed by atoms with Crippen LogP contribution >= 0.6 is 0 Å². The molecular weight excluding hydrogens is 284 g/mol. The SMILES string of the molecule is CCN1C(=O)C[C@@H]([NH+]2CC[NH+](CC(=O)NC(C)C)CC2)C1=O. The molecule has 3 amide bonds. The van der Waals surface area contributed by atoms with Crippen LogP contribution in [0.4, 0.5) is 0 Å². The van der Waals surface area contributed by atoms with E-state index in [0.717, 1.165) is 26.2 Å². The summed E-state index contributed by atoms with van der Waals surface area (Å²) in [5.41, 5.74) is 0. The molecular formula is C15H28N4O3+2. The summed E-state index contributed by atoms with van der Waals surface area (Å²) in [5, 5.41) is 2.91. The van der Waals surface area contributed by atoms with Crippen molar-refractivity contribution in [3.05, 3.63) is 0 Å². The van der Waals surface area contributed by atoms with Gasteiger partial charge in [-0.15, -0.1) is 0 Å². The van der Waals surface area contributed by atoms with Crippen LogP contribution in [0.3, 0.4) is 0 Å². The van der Waals surface area contributed by atoms with Crippen molar-refractivity contribution in [1.29, 1.82) is 0 Å². The number of nitrogens with zero attached hydrogens (tertiary/aromatic N) is 1. The standard InChI is InChI=1S/C15H26N4O3/c1-4-19-14(21)9-12(15(19)22)18-7-5-17(6-8-18)10-13(20)16-11(2)3/h11-12H,4-10H2,1-3H3,(H,16,20)/p+2/t12-/m1/s1. The molecule has 1 atom stereocenters. The van der Waals surface area contributed by atoms with Crippen molar-refractivity contribution in [1.82, 2.24) is 10.2 Å². The Labute approximate surface area is 131 Å². The van der Waals surface area contributed by atoms with E-state index < -0.39 is 0 Å². The molecule has 7 nitrogen and oxygen atoms in total. The molecule has 2 heterocycles. The molecule has 22 heavy (non-hydrogen) atoms. The van der Waals surface area contributed by atoms with E-state index in [1.54, 1.807) is 0 Å². The van der Waals surface area contributed by atoms with E-state index >= 15 is 0 Å². The molecule has 0 bridgehead atoms. The van der Waals surface area contributed by atoms with Crippen molar-refractivity contribution < 1.29 is 24.2 Å². The molecule has 124 valence electrons. The van der Waals surface area contributed by atoms with Gasteiger partial charge in [-0.1, -0.05) is 0 Å². The molecule has 0 unspecified atom stereocenters. The largest absolute Gasteiger partial charge is 0.349 e. The average molecular weight is 312 g/mol. The molecule has 2 aliphatic heterocycles. The van der Waals surface area contributed by atoms with E-state index in [0.29, 0.717) is 19.5 Å². The second-order valence-electron chi connectivity index (χ2n) is 6.54. The maximum atomic E-state index is 12.2. The van der Waals surface area contributed by atoms with Gasteiger partial charge in [0.2, 0.25) is 5.91 Å². The van der Waals surface area contributed by atoms with Gasteiger partial charge in [0.25, 0.3) is 11.8 Å². The van der Waals surface area contributed by atoms with Gasteiger partial charge in [0, 0.05) is 12.6 Å². The molecule has 0 aromatic heterocycles. The Morgan fingerprint density at radius 1 is 1.27 bits per heavy atom. The number of carbonyl (C=O) groups excluding carboxylic acids is 3. The summed E-state index contributed by atoms with van der Waals surface area (Å²) in [5.74, 6) is 0.0114. The predicted molar refractivity (Wildman–Crippen MR) is 80.3 cm³/mol. The van der Waals surface area contributed by atoms with Crippen LogP contribution < -0.4 is 15.1 Å². The summed E-state index contributed by atoms with van der Waals surface area (Å²) in [4.78, 5) is 39.7. The first-order valence-electron chi connectivity index (χ1n) is 8.24. The van der Waals surface area contributed by atoms with Crippen molar-refractivity contribution in [3.63, 3.8) is 0 Å². The molecule has 0 radical (unpaired) electrons. The van der Waals surface area contributed by atoms with Gasteiger partial charge in [0.1, 0.15) is 26.2 Å². The fourth-order valence-electron chi connectivity index (χ4n) is 3.38. The molecule has 2 rings (SSSR count). The molecule has 7 heteroatoms. The summed E-state index contributed by atoms with van der Waals surface area (Å²) in [6.07, 6.45) is 0.338. The highest BCUT2D eigenvalue weighted by Crippen LogP contribution is 2.10. The van der Waals surface area contributed by atoms with E-state index in [1.807, 2.05) is 20.8 Å². The average Bonchev–Trinajstić information content (AvgIpc) is 2.73. The molecule has 0 saturated carbocycles. The molecule has 0 aliphatic carbocycles. The van der Waals surface area contributed by atoms with Gasteiger partial charge < -0.3 is 15.1 Å². The summed E-state index contributed by atoms with van der Waals surface area (Å²) < 4.78 is 0. The number of likely N-dealkylation sites (N-methyl/N-ethyl adjacent to an activating group) is 1. The monoisotopic (exact) mass is 312 g/mol. The van der Waals surface area contributed by atoms with Gasteiger partial charge >= 0.3 is 0 Å². The fraction of sp³-hybridized carbons (Fsp3) is 0.800. The minimum atomic E-state index is -0.210. The van der Waals surface area contributed by atoms with Crippen LogP contribution in [0.2, 0.25) is 0 Å². The zero-order valence-corrected chi connectivity index (χ0v) is 13.8. The van der Waals surface area contributed by atoms with E-state index in [-0.39, 0.29) is 29.8 Å². The number of piperazine rings is 1. The van der Waals surface area contributed by atoms with Gasteiger partial charge in [-0.25, -0.2) is 0 Å². The Bertz CT molecular complexity index is 444. The molecule has 2 saturated heterocycles. The van der Waals surface area contributed by atoms with Gasteiger partial charge in [-0.2, -0.15) is 0 Å². The van der Waals surface area contributed by atoms with Crippen LogP contribution in [0, 0.1) is 0 Å². The minimum Gasteiger partial charge on any atom is -0.349 e. The smallest absolute Gasteiger partial charge is 0.288 e. The lowest BCUT2D eigenvalue weighted by atomic mass is 10.1. The van der Waals surface area contributed by atoms with Crippen molar-refractivity contribution in [2.75, 3.05) is 39.3 Å². The molecule has 2 aliphatic rings. The lowest BCUT2D eigenvalue weighted by Gasteiger charge is -2.31. The number of amides is 3. The topological polar surface area (TPSA) is 75.4 Å². The normalized spacial score (nSPS) is 29.3. The molecule has 2 fully saturated rings. The number of rotatable bonds is 5. The highest BCUT2D eigenvalue weighted by atomic mass is 16.2. The third kappa shape index (κ3) is 3.84. The summed E-state index contributed by atoms with van der Waals surface area (Å²) in [6, 6.07) is -0.0422. The Morgan fingerprint density at radius 2 is 1.91 bits per heavy atom. The van der Waals surface area contributed by atoms with Gasteiger partial charge in [0.15, 0.2) is 12.6 Å². The lowest BCUT2D eigenvalue weighted by molar-refractivity contribution is -1.02. The van der Waals surface area contributed by atoms with Gasteiger partial charge in [-0.3, -0.25) is 19.3 Å². The first-order valence-corrected chi connectivity index (χ1v) is 8.24. The van der Waals surface area contributed by atoms with E-state index in [2.05, 4.69) is 5.32 Å². The molecule has 0 spiro atoms. The molecule has 3 N–H and O–H groups in total. The van der Waals surface area contributed by atoms with Crippen molar-refractivity contribution in [2.45, 2.75) is 39.3 Å². The zero-order valence-electron chi connectivity index (χ0n) is 13.8. The van der Waals surface area contributed by atoms with Crippen LogP contribution in [-0.4, -0.2) is 74.0 Å². The Balaban J connectivity index is 1.81. The first kappa shape index (κ1) is 16.9.